The minimum atomic E-state index is -0.288. The van der Waals surface area contributed by atoms with Gasteiger partial charge < -0.3 is 19.5 Å². The number of carbonyl (C=O) groups is 1. The van der Waals surface area contributed by atoms with Crippen LogP contribution in [0, 0.1) is 0 Å². The van der Waals surface area contributed by atoms with Gasteiger partial charge in [-0.2, -0.15) is 0 Å². The van der Waals surface area contributed by atoms with Crippen molar-refractivity contribution in [2.45, 2.75) is 26.9 Å². The number of thiocarbonyl (C=S) groups is 1. The molecule has 0 saturated carbocycles. The molecule has 2 rings (SSSR count). The van der Waals surface area contributed by atoms with Gasteiger partial charge in [-0.1, -0.05) is 0 Å². The second-order valence-corrected chi connectivity index (χ2v) is 6.58. The molecule has 2 aromatic carbocycles. The highest BCUT2D eigenvalue weighted by atomic mass is 32.1. The lowest BCUT2D eigenvalue weighted by atomic mass is 10.2. The lowest BCUT2D eigenvalue weighted by Gasteiger charge is -2.12. The standard InChI is InChI=1S/C21H26N2O4S/c1-4-25-13-14-26-18-11-7-17(8-12-18)22-21(28)23-20(24)16-5-9-19(10-6-16)27-15(2)3/h5-12,15H,4,13-14H2,1-3H3,(H2,22,23,24,28). The molecule has 2 aromatic rings. The van der Waals surface area contributed by atoms with E-state index in [9.17, 15) is 4.79 Å². The molecule has 0 aromatic heterocycles. The Labute approximate surface area is 171 Å². The van der Waals surface area contributed by atoms with E-state index in [2.05, 4.69) is 10.6 Å². The van der Waals surface area contributed by atoms with Crippen LogP contribution in [0.15, 0.2) is 48.5 Å². The summed E-state index contributed by atoms with van der Waals surface area (Å²) in [5.74, 6) is 1.17. The van der Waals surface area contributed by atoms with Crippen molar-refractivity contribution >= 4 is 28.9 Å². The van der Waals surface area contributed by atoms with Crippen molar-refractivity contribution in [2.75, 3.05) is 25.1 Å². The van der Waals surface area contributed by atoms with E-state index >= 15 is 0 Å². The van der Waals surface area contributed by atoms with Crippen molar-refractivity contribution in [1.29, 1.82) is 0 Å². The molecule has 0 fully saturated rings. The fourth-order valence-electron chi connectivity index (χ4n) is 2.29. The first kappa shape index (κ1) is 21.7. The summed E-state index contributed by atoms with van der Waals surface area (Å²) in [6.45, 7) is 7.56. The normalized spacial score (nSPS) is 10.4. The summed E-state index contributed by atoms with van der Waals surface area (Å²) in [4.78, 5) is 12.3. The lowest BCUT2D eigenvalue weighted by molar-refractivity contribution is 0.0977. The number of benzene rings is 2. The third kappa shape index (κ3) is 7.54. The van der Waals surface area contributed by atoms with Gasteiger partial charge >= 0.3 is 0 Å². The predicted molar refractivity (Wildman–Crippen MR) is 114 cm³/mol. The highest BCUT2D eigenvalue weighted by Gasteiger charge is 2.09. The average molecular weight is 403 g/mol. The van der Waals surface area contributed by atoms with E-state index in [0.29, 0.717) is 25.4 Å². The van der Waals surface area contributed by atoms with Crippen molar-refractivity contribution in [3.05, 3.63) is 54.1 Å². The third-order valence-electron chi connectivity index (χ3n) is 3.53. The van der Waals surface area contributed by atoms with Crippen LogP contribution in [0.3, 0.4) is 0 Å². The Kier molecular flexibility index (Phi) is 8.71. The van der Waals surface area contributed by atoms with Crippen LogP contribution in [0.4, 0.5) is 5.69 Å². The monoisotopic (exact) mass is 402 g/mol. The maximum absolute atomic E-state index is 12.3. The molecule has 28 heavy (non-hydrogen) atoms. The Morgan fingerprint density at radius 1 is 1.00 bits per heavy atom. The van der Waals surface area contributed by atoms with E-state index in [1.165, 1.54) is 0 Å². The van der Waals surface area contributed by atoms with Crippen LogP contribution in [-0.2, 0) is 4.74 Å². The molecule has 0 aliphatic rings. The SMILES string of the molecule is CCOCCOc1ccc(NC(=S)NC(=O)c2ccc(OC(C)C)cc2)cc1. The summed E-state index contributed by atoms with van der Waals surface area (Å²) in [6.07, 6.45) is 0.0814. The molecule has 150 valence electrons. The first-order chi connectivity index (χ1) is 13.5. The fraction of sp³-hybridized carbons (Fsp3) is 0.333. The lowest BCUT2D eigenvalue weighted by Crippen LogP contribution is -2.34. The van der Waals surface area contributed by atoms with E-state index in [4.69, 9.17) is 26.4 Å². The first-order valence-electron chi connectivity index (χ1n) is 9.17. The Morgan fingerprint density at radius 2 is 1.64 bits per heavy atom. The minimum Gasteiger partial charge on any atom is -0.491 e. The maximum Gasteiger partial charge on any atom is 0.257 e. The number of hydrogen-bond donors (Lipinski definition) is 2. The van der Waals surface area contributed by atoms with Gasteiger partial charge in [0.25, 0.3) is 5.91 Å². The number of carbonyl (C=O) groups excluding carboxylic acids is 1. The molecular weight excluding hydrogens is 376 g/mol. The quantitative estimate of drug-likeness (QED) is 0.488. The smallest absolute Gasteiger partial charge is 0.257 e. The number of anilines is 1. The molecule has 0 unspecified atom stereocenters. The second-order valence-electron chi connectivity index (χ2n) is 6.17. The van der Waals surface area contributed by atoms with Gasteiger partial charge in [-0.3, -0.25) is 10.1 Å². The molecule has 0 aliphatic carbocycles. The Hall–Kier alpha value is -2.64. The highest BCUT2D eigenvalue weighted by molar-refractivity contribution is 7.80. The van der Waals surface area contributed by atoms with Crippen LogP contribution in [0.5, 0.6) is 11.5 Å². The molecule has 0 aliphatic heterocycles. The number of nitrogens with one attached hydrogen (secondary N) is 2. The molecule has 0 bridgehead atoms. The van der Waals surface area contributed by atoms with E-state index in [1.807, 2.05) is 45.0 Å². The van der Waals surface area contributed by atoms with E-state index < -0.39 is 0 Å². The van der Waals surface area contributed by atoms with E-state index in [1.54, 1.807) is 24.3 Å². The summed E-state index contributed by atoms with van der Waals surface area (Å²) in [6, 6.07) is 14.2. The van der Waals surface area contributed by atoms with Gasteiger partial charge in [-0.05, 0) is 81.5 Å². The second kappa shape index (κ2) is 11.3. The number of ether oxygens (including phenoxy) is 3. The molecular formula is C21H26N2O4S. The Morgan fingerprint density at radius 3 is 2.25 bits per heavy atom. The van der Waals surface area contributed by atoms with Crippen LogP contribution >= 0.6 is 12.2 Å². The van der Waals surface area contributed by atoms with Gasteiger partial charge in [0.15, 0.2) is 5.11 Å². The average Bonchev–Trinajstić information content (AvgIpc) is 2.66. The summed E-state index contributed by atoms with van der Waals surface area (Å²) in [7, 11) is 0. The van der Waals surface area contributed by atoms with Crippen LogP contribution in [0.25, 0.3) is 0 Å². The first-order valence-corrected chi connectivity index (χ1v) is 9.58. The van der Waals surface area contributed by atoms with Crippen molar-refractivity contribution < 1.29 is 19.0 Å². The number of hydrogen-bond acceptors (Lipinski definition) is 5. The van der Waals surface area contributed by atoms with Crippen LogP contribution < -0.4 is 20.1 Å². The van der Waals surface area contributed by atoms with Crippen molar-refractivity contribution in [1.82, 2.24) is 5.32 Å². The van der Waals surface area contributed by atoms with Gasteiger partial charge in [0, 0.05) is 17.9 Å². The molecule has 0 saturated heterocycles. The van der Waals surface area contributed by atoms with Crippen molar-refractivity contribution in [3.63, 3.8) is 0 Å². The topological polar surface area (TPSA) is 68.8 Å². The third-order valence-corrected chi connectivity index (χ3v) is 3.73. The molecule has 0 radical (unpaired) electrons. The summed E-state index contributed by atoms with van der Waals surface area (Å²) >= 11 is 5.21. The number of amides is 1. The van der Waals surface area contributed by atoms with Gasteiger partial charge in [0.05, 0.1) is 12.7 Å². The predicted octanol–water partition coefficient (Wildman–Crippen LogP) is 4.02. The molecule has 0 heterocycles. The largest absolute Gasteiger partial charge is 0.491 e. The van der Waals surface area contributed by atoms with Crippen LogP contribution in [0.1, 0.15) is 31.1 Å². The van der Waals surface area contributed by atoms with Gasteiger partial charge in [0.1, 0.15) is 18.1 Å². The summed E-state index contributed by atoms with van der Waals surface area (Å²) < 4.78 is 16.4. The minimum absolute atomic E-state index is 0.0814. The van der Waals surface area contributed by atoms with E-state index in [0.717, 1.165) is 17.2 Å². The van der Waals surface area contributed by atoms with Crippen molar-refractivity contribution in [3.8, 4) is 11.5 Å². The molecule has 0 spiro atoms. The molecule has 1 amide bonds. The zero-order valence-corrected chi connectivity index (χ0v) is 17.2. The fourth-order valence-corrected chi connectivity index (χ4v) is 2.50. The Bertz CT molecular complexity index is 761. The van der Waals surface area contributed by atoms with Gasteiger partial charge in [0.2, 0.25) is 0 Å². The summed E-state index contributed by atoms with van der Waals surface area (Å²) in [5.41, 5.74) is 1.25. The zero-order chi connectivity index (χ0) is 20.4. The van der Waals surface area contributed by atoms with E-state index in [-0.39, 0.29) is 17.1 Å². The van der Waals surface area contributed by atoms with Crippen LogP contribution in [-0.4, -0.2) is 36.9 Å². The van der Waals surface area contributed by atoms with Gasteiger partial charge in [-0.25, -0.2) is 0 Å². The van der Waals surface area contributed by atoms with Crippen LogP contribution in [0.2, 0.25) is 0 Å². The highest BCUT2D eigenvalue weighted by Crippen LogP contribution is 2.16. The van der Waals surface area contributed by atoms with Crippen molar-refractivity contribution in [2.24, 2.45) is 0 Å². The molecule has 2 N–H and O–H groups in total. The molecule has 0 atom stereocenters. The molecule has 7 heteroatoms. The van der Waals surface area contributed by atoms with Gasteiger partial charge in [-0.15, -0.1) is 0 Å². The Balaban J connectivity index is 1.81. The number of rotatable bonds is 9. The molecule has 6 nitrogen and oxygen atoms in total. The summed E-state index contributed by atoms with van der Waals surface area (Å²) in [5, 5.41) is 5.86. The maximum atomic E-state index is 12.3. The zero-order valence-electron chi connectivity index (χ0n) is 16.4.